The van der Waals surface area contributed by atoms with Crippen LogP contribution < -0.4 is 10.6 Å². The second-order valence-electron chi connectivity index (χ2n) is 9.94. The molecule has 0 radical (unpaired) electrons. The summed E-state index contributed by atoms with van der Waals surface area (Å²) < 4.78 is 0. The maximum atomic E-state index is 4.87. The number of aromatic amines is 2. The van der Waals surface area contributed by atoms with E-state index in [2.05, 4.69) is 81.4 Å². The number of H-pyrrole nitrogens is 2. The molecule has 2 atom stereocenters. The van der Waals surface area contributed by atoms with Crippen LogP contribution in [-0.4, -0.2) is 32.5 Å². The number of nitrogens with zero attached hydrogens (tertiary/aromatic N) is 2. The molecule has 2 unspecified atom stereocenters. The smallest absolute Gasteiger partial charge is 0.108 e. The normalized spacial score (nSPS) is 16.4. The summed E-state index contributed by atoms with van der Waals surface area (Å²) in [4.78, 5) is 16.5. The highest BCUT2D eigenvalue weighted by Gasteiger charge is 2.24. The molecule has 6 nitrogen and oxygen atoms in total. The van der Waals surface area contributed by atoms with Gasteiger partial charge in [-0.2, -0.15) is 0 Å². The van der Waals surface area contributed by atoms with Crippen LogP contribution in [-0.2, 0) is 19.4 Å². The van der Waals surface area contributed by atoms with E-state index < -0.39 is 0 Å². The summed E-state index contributed by atoms with van der Waals surface area (Å²) >= 11 is 0. The molecule has 1 aliphatic carbocycles. The Morgan fingerprint density at radius 3 is 2.83 bits per heavy atom. The van der Waals surface area contributed by atoms with Crippen molar-refractivity contribution in [1.29, 1.82) is 0 Å². The molecule has 3 heterocycles. The van der Waals surface area contributed by atoms with Gasteiger partial charge in [-0.15, -0.1) is 0 Å². The summed E-state index contributed by atoms with van der Waals surface area (Å²) in [5.41, 5.74) is 7.30. The van der Waals surface area contributed by atoms with E-state index >= 15 is 0 Å². The van der Waals surface area contributed by atoms with Gasteiger partial charge in [-0.05, 0) is 74.0 Å². The number of imidazole rings is 1. The van der Waals surface area contributed by atoms with Crippen LogP contribution >= 0.6 is 0 Å². The predicted molar refractivity (Wildman–Crippen MR) is 146 cm³/mol. The quantitative estimate of drug-likeness (QED) is 0.197. The number of nitrogens with one attached hydrogen (secondary N) is 4. The van der Waals surface area contributed by atoms with E-state index in [9.17, 15) is 0 Å². The number of fused-ring (bicyclic) bond motifs is 3. The molecular weight excluding hydrogens is 444 g/mol. The van der Waals surface area contributed by atoms with E-state index in [-0.39, 0.29) is 0 Å². The molecule has 5 aromatic rings. The second kappa shape index (κ2) is 10.6. The SMILES string of the molecule is c1cnc2c(c1)CCCC2NC(CCCNCc1c[nH]c2ccccc12)Cc1nc2ccccc2[nH]1. The summed E-state index contributed by atoms with van der Waals surface area (Å²) in [5.74, 6) is 1.05. The molecule has 0 saturated carbocycles. The molecule has 6 heteroatoms. The lowest BCUT2D eigenvalue weighted by atomic mass is 9.91. The van der Waals surface area contributed by atoms with Crippen molar-refractivity contribution < 1.29 is 0 Å². The maximum absolute atomic E-state index is 4.87. The van der Waals surface area contributed by atoms with Crippen molar-refractivity contribution >= 4 is 21.9 Å². The van der Waals surface area contributed by atoms with Crippen LogP contribution in [0.2, 0.25) is 0 Å². The van der Waals surface area contributed by atoms with Crippen molar-refractivity contribution in [3.05, 3.63) is 95.7 Å². The largest absolute Gasteiger partial charge is 0.361 e. The topological polar surface area (TPSA) is 81.4 Å². The summed E-state index contributed by atoms with van der Waals surface area (Å²) in [5, 5.41) is 8.94. The van der Waals surface area contributed by atoms with Gasteiger partial charge in [-0.25, -0.2) is 4.98 Å². The van der Waals surface area contributed by atoms with Gasteiger partial charge in [-0.1, -0.05) is 36.4 Å². The van der Waals surface area contributed by atoms with Crippen LogP contribution in [0.5, 0.6) is 0 Å². The number of hydrogen-bond donors (Lipinski definition) is 4. The minimum Gasteiger partial charge on any atom is -0.361 e. The van der Waals surface area contributed by atoms with Crippen molar-refractivity contribution in [2.45, 2.75) is 57.2 Å². The van der Waals surface area contributed by atoms with Crippen molar-refractivity contribution in [1.82, 2.24) is 30.6 Å². The number of para-hydroxylation sites is 3. The van der Waals surface area contributed by atoms with Gasteiger partial charge in [0, 0.05) is 48.3 Å². The third-order valence-corrected chi connectivity index (χ3v) is 7.41. The first-order valence-corrected chi connectivity index (χ1v) is 13.2. The van der Waals surface area contributed by atoms with Gasteiger partial charge >= 0.3 is 0 Å². The monoisotopic (exact) mass is 478 g/mol. The third-order valence-electron chi connectivity index (χ3n) is 7.41. The Morgan fingerprint density at radius 2 is 1.89 bits per heavy atom. The molecule has 0 saturated heterocycles. The van der Waals surface area contributed by atoms with Crippen molar-refractivity contribution in [3.63, 3.8) is 0 Å². The van der Waals surface area contributed by atoms with Crippen LogP contribution in [0.4, 0.5) is 0 Å². The van der Waals surface area contributed by atoms with Gasteiger partial charge < -0.3 is 20.6 Å². The zero-order valence-electron chi connectivity index (χ0n) is 20.6. The lowest BCUT2D eigenvalue weighted by molar-refractivity contribution is 0.360. The summed E-state index contributed by atoms with van der Waals surface area (Å²) in [7, 11) is 0. The lowest BCUT2D eigenvalue weighted by Gasteiger charge is -2.29. The first kappa shape index (κ1) is 23.0. The van der Waals surface area contributed by atoms with Crippen LogP contribution in [0, 0.1) is 0 Å². The van der Waals surface area contributed by atoms with Gasteiger partial charge in [0.25, 0.3) is 0 Å². The maximum Gasteiger partial charge on any atom is 0.108 e. The fraction of sp³-hybridized carbons (Fsp3) is 0.333. The molecule has 2 aromatic carbocycles. The highest BCUT2D eigenvalue weighted by atomic mass is 15.0. The number of aromatic nitrogens is 4. The van der Waals surface area contributed by atoms with Crippen LogP contribution in [0.1, 0.15) is 54.4 Å². The summed E-state index contributed by atoms with van der Waals surface area (Å²) in [6.07, 6.45) is 10.6. The Kier molecular flexibility index (Phi) is 6.79. The van der Waals surface area contributed by atoms with Gasteiger partial charge in [0.1, 0.15) is 5.82 Å². The Labute approximate surface area is 212 Å². The summed E-state index contributed by atoms with van der Waals surface area (Å²) in [6, 6.07) is 21.7. The number of rotatable bonds is 10. The molecule has 184 valence electrons. The highest BCUT2D eigenvalue weighted by molar-refractivity contribution is 5.83. The predicted octanol–water partition coefficient (Wildman–Crippen LogP) is 5.59. The van der Waals surface area contributed by atoms with Crippen LogP contribution in [0.3, 0.4) is 0 Å². The van der Waals surface area contributed by atoms with Crippen molar-refractivity contribution in [3.8, 4) is 0 Å². The molecule has 3 aromatic heterocycles. The Morgan fingerprint density at radius 1 is 1.00 bits per heavy atom. The molecule has 36 heavy (non-hydrogen) atoms. The second-order valence-corrected chi connectivity index (χ2v) is 9.94. The average molecular weight is 479 g/mol. The van der Waals surface area contributed by atoms with Crippen LogP contribution in [0.15, 0.2) is 73.1 Å². The Bertz CT molecular complexity index is 1400. The van der Waals surface area contributed by atoms with E-state index in [0.717, 1.165) is 62.1 Å². The molecule has 4 N–H and O–H groups in total. The number of hydrogen-bond acceptors (Lipinski definition) is 4. The zero-order chi connectivity index (χ0) is 24.2. The minimum absolute atomic E-state index is 0.309. The van der Waals surface area contributed by atoms with Crippen molar-refractivity contribution in [2.24, 2.45) is 0 Å². The summed E-state index contributed by atoms with van der Waals surface area (Å²) in [6.45, 7) is 1.86. The van der Waals surface area contributed by atoms with E-state index in [4.69, 9.17) is 9.97 Å². The number of aryl methyl sites for hydroxylation is 1. The van der Waals surface area contributed by atoms with E-state index in [0.29, 0.717) is 12.1 Å². The fourth-order valence-corrected chi connectivity index (χ4v) is 5.61. The minimum atomic E-state index is 0.309. The average Bonchev–Trinajstić information content (AvgIpc) is 3.52. The molecule has 6 rings (SSSR count). The van der Waals surface area contributed by atoms with Crippen LogP contribution in [0.25, 0.3) is 21.9 Å². The number of benzene rings is 2. The van der Waals surface area contributed by atoms with E-state index in [1.165, 1.54) is 34.1 Å². The van der Waals surface area contributed by atoms with Gasteiger partial charge in [0.15, 0.2) is 0 Å². The van der Waals surface area contributed by atoms with Gasteiger partial charge in [-0.3, -0.25) is 4.98 Å². The van der Waals surface area contributed by atoms with Crippen molar-refractivity contribution in [2.75, 3.05) is 6.54 Å². The molecule has 1 aliphatic rings. The Balaban J connectivity index is 1.11. The molecular formula is C30H34N6. The zero-order valence-corrected chi connectivity index (χ0v) is 20.6. The van der Waals surface area contributed by atoms with E-state index in [1.54, 1.807) is 0 Å². The lowest BCUT2D eigenvalue weighted by Crippen LogP contribution is -2.37. The third kappa shape index (κ3) is 5.06. The molecule has 0 fully saturated rings. The van der Waals surface area contributed by atoms with Gasteiger partial charge in [0.2, 0.25) is 0 Å². The molecule has 0 bridgehead atoms. The Hall–Kier alpha value is -3.48. The number of pyridine rings is 1. The fourth-order valence-electron chi connectivity index (χ4n) is 5.61. The van der Waals surface area contributed by atoms with E-state index in [1.807, 2.05) is 12.3 Å². The standard InChI is InChI=1S/C30H34N6/c1-2-12-25-24(11-1)22(20-33-25)19-31-16-7-10-23(18-29-35-26-13-3-4-14-27(26)36-29)34-28-15-5-8-21-9-6-17-32-30(21)28/h1-4,6,9,11-14,17,20,23,28,31,33-34H,5,7-8,10,15-16,18-19H2,(H,35,36). The molecule has 0 amide bonds. The molecule has 0 spiro atoms. The first-order valence-electron chi connectivity index (χ1n) is 13.2. The van der Waals surface area contributed by atoms with Gasteiger partial charge in [0.05, 0.1) is 16.7 Å². The molecule has 0 aliphatic heterocycles. The highest BCUT2D eigenvalue weighted by Crippen LogP contribution is 2.29. The first-order chi connectivity index (χ1) is 17.8.